The Kier molecular flexibility index (Phi) is 6.28. The number of furan rings is 2. The number of ketones is 1. The van der Waals surface area contributed by atoms with E-state index in [4.69, 9.17) is 23.5 Å². The molecule has 6 rings (SSSR count). The van der Waals surface area contributed by atoms with Crippen molar-refractivity contribution in [1.82, 2.24) is 14.9 Å². The lowest BCUT2D eigenvalue weighted by atomic mass is 9.84. The van der Waals surface area contributed by atoms with Crippen LogP contribution >= 0.6 is 0 Å². The van der Waals surface area contributed by atoms with Crippen LogP contribution in [0.15, 0.2) is 69.9 Å². The summed E-state index contributed by atoms with van der Waals surface area (Å²) in [6.07, 6.45) is 4.02. The number of methoxy groups -OCH3 is 1. The van der Waals surface area contributed by atoms with Crippen LogP contribution in [0.25, 0.3) is 0 Å². The molecule has 1 saturated heterocycles. The first kappa shape index (κ1) is 23.8. The highest BCUT2D eigenvalue weighted by Crippen LogP contribution is 2.37. The predicted molar refractivity (Wildman–Crippen MR) is 139 cm³/mol. The van der Waals surface area contributed by atoms with Crippen molar-refractivity contribution < 1.29 is 23.2 Å². The lowest BCUT2D eigenvalue weighted by Crippen LogP contribution is -2.49. The molecule has 1 N–H and O–H groups in total. The third-order valence-electron chi connectivity index (χ3n) is 7.00. The van der Waals surface area contributed by atoms with E-state index < -0.39 is 0 Å². The molecule has 1 unspecified atom stereocenters. The molecule has 10 heteroatoms. The zero-order valence-corrected chi connectivity index (χ0v) is 20.9. The van der Waals surface area contributed by atoms with E-state index in [1.165, 1.54) is 6.26 Å². The second-order valence-corrected chi connectivity index (χ2v) is 9.35. The van der Waals surface area contributed by atoms with Gasteiger partial charge in [0.25, 0.3) is 5.91 Å². The van der Waals surface area contributed by atoms with Crippen molar-refractivity contribution in [3.8, 4) is 5.75 Å². The Bertz CT molecular complexity index is 1430. The summed E-state index contributed by atoms with van der Waals surface area (Å²) in [5.74, 6) is 2.61. The maximum atomic E-state index is 13.4. The summed E-state index contributed by atoms with van der Waals surface area (Å²) < 4.78 is 16.2. The molecular weight excluding hydrogens is 486 g/mol. The van der Waals surface area contributed by atoms with Crippen LogP contribution in [0.5, 0.6) is 5.75 Å². The summed E-state index contributed by atoms with van der Waals surface area (Å²) >= 11 is 0. The van der Waals surface area contributed by atoms with Crippen molar-refractivity contribution in [1.29, 1.82) is 0 Å². The number of ether oxygens (including phenoxy) is 1. The van der Waals surface area contributed by atoms with Crippen molar-refractivity contribution >= 4 is 29.1 Å². The standard InChI is InChI=1S/C28H27N5O5/c1-36-20-8-6-19(7-9-20)29-26-25-21(16-18(17-22(25)34)23-4-2-14-37-23)30-28(31-26)33-12-10-32(11-13-33)27(35)24-5-3-15-38-24/h2-9,14-15,18H,10-13,16-17H2,1H3,(H,29,30,31). The van der Waals surface area contributed by atoms with E-state index in [1.807, 2.05) is 41.3 Å². The fourth-order valence-corrected chi connectivity index (χ4v) is 5.00. The number of nitrogens with zero attached hydrogens (tertiary/aromatic N) is 4. The topological polar surface area (TPSA) is 114 Å². The fourth-order valence-electron chi connectivity index (χ4n) is 5.00. The maximum absolute atomic E-state index is 13.4. The number of aromatic nitrogens is 2. The zero-order valence-electron chi connectivity index (χ0n) is 20.9. The molecule has 1 aliphatic carbocycles. The SMILES string of the molecule is COc1ccc(Nc2nc(N3CCN(C(=O)c4ccco4)CC3)nc3c2C(=O)CC(c2ccco2)C3)cc1. The second kappa shape index (κ2) is 10.0. The molecule has 1 atom stereocenters. The van der Waals surface area contributed by atoms with Gasteiger partial charge in [-0.15, -0.1) is 0 Å². The largest absolute Gasteiger partial charge is 0.497 e. The van der Waals surface area contributed by atoms with Crippen LogP contribution < -0.4 is 15.0 Å². The number of nitrogens with one attached hydrogen (secondary N) is 1. The van der Waals surface area contributed by atoms with Crippen LogP contribution in [0.2, 0.25) is 0 Å². The first-order chi connectivity index (χ1) is 18.6. The van der Waals surface area contributed by atoms with Crippen LogP contribution in [0.4, 0.5) is 17.5 Å². The lowest BCUT2D eigenvalue weighted by molar-refractivity contribution is 0.0714. The number of amides is 1. The Balaban J connectivity index is 1.30. The normalized spacial score (nSPS) is 17.3. The van der Waals surface area contributed by atoms with Crippen molar-refractivity contribution in [2.45, 2.75) is 18.8 Å². The summed E-state index contributed by atoms with van der Waals surface area (Å²) in [7, 11) is 1.62. The van der Waals surface area contributed by atoms with Crippen LogP contribution in [-0.2, 0) is 6.42 Å². The molecule has 3 aromatic heterocycles. The molecule has 10 nitrogen and oxygen atoms in total. The van der Waals surface area contributed by atoms with E-state index in [9.17, 15) is 9.59 Å². The molecule has 4 heterocycles. The van der Waals surface area contributed by atoms with Gasteiger partial charge in [-0.3, -0.25) is 9.59 Å². The molecule has 4 aromatic rings. The third kappa shape index (κ3) is 4.60. The molecule has 0 saturated carbocycles. The Morgan fingerprint density at radius 1 is 0.974 bits per heavy atom. The number of fused-ring (bicyclic) bond motifs is 1. The fraction of sp³-hybridized carbons (Fsp3) is 0.286. The average Bonchev–Trinajstić information content (AvgIpc) is 3.68. The van der Waals surface area contributed by atoms with Crippen LogP contribution in [0.1, 0.15) is 44.7 Å². The van der Waals surface area contributed by atoms with Crippen molar-refractivity contribution in [2.24, 2.45) is 0 Å². The minimum atomic E-state index is -0.130. The van der Waals surface area contributed by atoms with Crippen molar-refractivity contribution in [2.75, 3.05) is 43.5 Å². The number of hydrogen-bond acceptors (Lipinski definition) is 9. The Hall–Kier alpha value is -4.60. The summed E-state index contributed by atoms with van der Waals surface area (Å²) in [5.41, 5.74) is 1.99. The molecule has 1 aromatic carbocycles. The highest BCUT2D eigenvalue weighted by molar-refractivity contribution is 6.03. The maximum Gasteiger partial charge on any atom is 0.289 e. The van der Waals surface area contributed by atoms with Gasteiger partial charge in [0.2, 0.25) is 5.95 Å². The van der Waals surface area contributed by atoms with E-state index in [2.05, 4.69) is 5.32 Å². The number of carbonyl (C=O) groups excluding carboxylic acids is 2. The first-order valence-electron chi connectivity index (χ1n) is 12.6. The smallest absolute Gasteiger partial charge is 0.289 e. The Morgan fingerprint density at radius 3 is 2.42 bits per heavy atom. The monoisotopic (exact) mass is 513 g/mol. The number of benzene rings is 1. The number of hydrogen-bond donors (Lipinski definition) is 1. The molecule has 194 valence electrons. The van der Waals surface area contributed by atoms with E-state index in [0.29, 0.717) is 67.8 Å². The van der Waals surface area contributed by atoms with E-state index >= 15 is 0 Å². The number of rotatable bonds is 6. The van der Waals surface area contributed by atoms with Gasteiger partial charge in [0.15, 0.2) is 11.5 Å². The molecule has 1 fully saturated rings. The minimum Gasteiger partial charge on any atom is -0.497 e. The van der Waals surface area contributed by atoms with Gasteiger partial charge >= 0.3 is 0 Å². The molecule has 1 amide bonds. The van der Waals surface area contributed by atoms with Gasteiger partial charge in [-0.2, -0.15) is 4.98 Å². The quantitative estimate of drug-likeness (QED) is 0.403. The summed E-state index contributed by atoms with van der Waals surface area (Å²) in [4.78, 5) is 39.6. The zero-order chi connectivity index (χ0) is 26.1. The van der Waals surface area contributed by atoms with Crippen molar-refractivity contribution in [3.05, 3.63) is 83.8 Å². The van der Waals surface area contributed by atoms with Crippen LogP contribution in [0.3, 0.4) is 0 Å². The Morgan fingerprint density at radius 2 is 1.74 bits per heavy atom. The molecule has 0 radical (unpaired) electrons. The number of anilines is 3. The highest BCUT2D eigenvalue weighted by atomic mass is 16.5. The van der Waals surface area contributed by atoms with Gasteiger partial charge < -0.3 is 28.7 Å². The van der Waals surface area contributed by atoms with Gasteiger partial charge in [0, 0.05) is 50.6 Å². The molecule has 0 bridgehead atoms. The van der Waals surface area contributed by atoms with Gasteiger partial charge in [0.05, 0.1) is 30.9 Å². The Labute approximate surface area is 219 Å². The number of piperazine rings is 1. The second-order valence-electron chi connectivity index (χ2n) is 9.35. The van der Waals surface area contributed by atoms with Crippen LogP contribution in [-0.4, -0.2) is 59.8 Å². The van der Waals surface area contributed by atoms with E-state index in [1.54, 1.807) is 30.4 Å². The predicted octanol–water partition coefficient (Wildman–Crippen LogP) is 4.29. The highest BCUT2D eigenvalue weighted by Gasteiger charge is 2.34. The minimum absolute atomic E-state index is 0.0240. The van der Waals surface area contributed by atoms with Gasteiger partial charge in [0.1, 0.15) is 17.3 Å². The van der Waals surface area contributed by atoms with Gasteiger partial charge in [-0.05, 0) is 48.5 Å². The van der Waals surface area contributed by atoms with E-state index in [-0.39, 0.29) is 17.6 Å². The average molecular weight is 514 g/mol. The first-order valence-corrected chi connectivity index (χ1v) is 12.6. The molecule has 0 spiro atoms. The summed E-state index contributed by atoms with van der Waals surface area (Å²) in [5, 5.41) is 3.33. The lowest BCUT2D eigenvalue weighted by Gasteiger charge is -2.35. The van der Waals surface area contributed by atoms with Gasteiger partial charge in [-0.1, -0.05) is 0 Å². The van der Waals surface area contributed by atoms with Crippen LogP contribution in [0, 0.1) is 0 Å². The molecule has 38 heavy (non-hydrogen) atoms. The summed E-state index contributed by atoms with van der Waals surface area (Å²) in [6.45, 7) is 2.13. The van der Waals surface area contributed by atoms with Gasteiger partial charge in [-0.25, -0.2) is 4.98 Å². The summed E-state index contributed by atoms with van der Waals surface area (Å²) in [6, 6.07) is 14.6. The molecular formula is C28H27N5O5. The molecule has 1 aliphatic heterocycles. The van der Waals surface area contributed by atoms with Crippen molar-refractivity contribution in [3.63, 3.8) is 0 Å². The van der Waals surface area contributed by atoms with E-state index in [0.717, 1.165) is 17.2 Å². The number of Topliss-reactive ketones (excluding diaryl/α,β-unsaturated/α-hetero) is 1. The number of carbonyl (C=O) groups is 2. The molecule has 2 aliphatic rings. The third-order valence-corrected chi connectivity index (χ3v) is 7.00.